The third-order valence-electron chi connectivity index (χ3n) is 5.41. The van der Waals surface area contributed by atoms with Crippen molar-refractivity contribution in [3.63, 3.8) is 0 Å². The van der Waals surface area contributed by atoms with Gasteiger partial charge < -0.3 is 18.9 Å². The van der Waals surface area contributed by atoms with Crippen LogP contribution in [0.25, 0.3) is 0 Å². The molecule has 0 heterocycles. The molecule has 0 aromatic rings. The lowest BCUT2D eigenvalue weighted by atomic mass is 10.1. The number of rotatable bonds is 25. The van der Waals surface area contributed by atoms with Gasteiger partial charge in [-0.1, -0.05) is 105 Å². The zero-order chi connectivity index (χ0) is 22.8. The highest BCUT2D eigenvalue weighted by molar-refractivity contribution is 4.95. The highest BCUT2D eigenvalue weighted by Crippen LogP contribution is 2.19. The summed E-state index contributed by atoms with van der Waals surface area (Å²) >= 11 is 0. The van der Waals surface area contributed by atoms with Gasteiger partial charge in [0.15, 0.2) is 12.6 Å². The largest absolute Gasteiger partial charge is 0.491 e. The Hall–Kier alpha value is -0.900. The first-order valence-corrected chi connectivity index (χ1v) is 13.5. The van der Waals surface area contributed by atoms with E-state index in [9.17, 15) is 0 Å². The number of unbranched alkanes of at least 4 members (excludes halogenated alkanes) is 12. The van der Waals surface area contributed by atoms with E-state index in [0.29, 0.717) is 12.6 Å². The lowest BCUT2D eigenvalue weighted by molar-refractivity contribution is -0.0845. The molecule has 0 unspecified atom stereocenters. The molecule has 0 saturated heterocycles. The average molecular weight is 443 g/mol. The minimum atomic E-state index is 0.242. The van der Waals surface area contributed by atoms with Crippen LogP contribution >= 0.6 is 0 Å². The molecule has 0 aromatic heterocycles. The van der Waals surface area contributed by atoms with Crippen molar-refractivity contribution >= 4 is 0 Å². The third kappa shape index (κ3) is 20.7. The molecular weight excluding hydrogens is 388 g/mol. The summed E-state index contributed by atoms with van der Waals surface area (Å²) in [6.07, 6.45) is 20.1. The van der Waals surface area contributed by atoms with Crippen LogP contribution in [0.15, 0.2) is 11.7 Å². The van der Waals surface area contributed by atoms with E-state index in [0.717, 1.165) is 51.1 Å². The molecule has 0 N–H and O–H groups in total. The molecule has 0 atom stereocenters. The van der Waals surface area contributed by atoms with Crippen LogP contribution in [0.1, 0.15) is 137 Å². The predicted octanol–water partition coefficient (Wildman–Crippen LogP) is 8.89. The summed E-state index contributed by atoms with van der Waals surface area (Å²) in [5.41, 5.74) is 0. The fraction of sp³-hybridized carbons (Fsp3) is 0.926. The molecule has 0 fully saturated rings. The topological polar surface area (TPSA) is 36.9 Å². The van der Waals surface area contributed by atoms with Gasteiger partial charge in [0.1, 0.15) is 0 Å². The second-order valence-corrected chi connectivity index (χ2v) is 8.57. The predicted molar refractivity (Wildman–Crippen MR) is 132 cm³/mol. The highest BCUT2D eigenvalue weighted by Gasteiger charge is 2.13. The monoisotopic (exact) mass is 442 g/mol. The second kappa shape index (κ2) is 25.4. The molecule has 4 heteroatoms. The van der Waals surface area contributed by atoms with Gasteiger partial charge in [-0.05, 0) is 25.7 Å². The van der Waals surface area contributed by atoms with Gasteiger partial charge in [-0.2, -0.15) is 0 Å². The first-order chi connectivity index (χ1) is 15.3. The third-order valence-corrected chi connectivity index (χ3v) is 5.41. The van der Waals surface area contributed by atoms with Gasteiger partial charge in [0.2, 0.25) is 0 Å². The van der Waals surface area contributed by atoms with E-state index in [1.165, 1.54) is 77.0 Å². The van der Waals surface area contributed by atoms with Crippen LogP contribution < -0.4 is 0 Å². The standard InChI is InChI=1S/C27H54O4/c1-5-9-13-15-19-23-29-26(21-17-11-7-3)27(30-24-20-16-14-10-6-2)31-25-28-22-18-12-8-4/h5-25H2,1-4H3. The van der Waals surface area contributed by atoms with Crippen molar-refractivity contribution in [2.75, 3.05) is 26.6 Å². The molecule has 4 nitrogen and oxygen atoms in total. The minimum Gasteiger partial charge on any atom is -0.491 e. The van der Waals surface area contributed by atoms with Crippen LogP contribution in [0.5, 0.6) is 0 Å². The van der Waals surface area contributed by atoms with Gasteiger partial charge in [-0.3, -0.25) is 0 Å². The molecule has 0 rings (SSSR count). The Morgan fingerprint density at radius 2 is 0.935 bits per heavy atom. The van der Waals surface area contributed by atoms with Crippen LogP contribution in [0.4, 0.5) is 0 Å². The molecule has 0 bridgehead atoms. The number of hydrogen-bond donors (Lipinski definition) is 0. The summed E-state index contributed by atoms with van der Waals surface area (Å²) in [5.74, 6) is 1.45. The molecule has 0 amide bonds. The van der Waals surface area contributed by atoms with Gasteiger partial charge in [0.25, 0.3) is 0 Å². The normalized spacial score (nSPS) is 12.0. The summed E-state index contributed by atoms with van der Waals surface area (Å²) in [7, 11) is 0. The van der Waals surface area contributed by atoms with E-state index < -0.39 is 0 Å². The molecular formula is C27H54O4. The van der Waals surface area contributed by atoms with E-state index in [4.69, 9.17) is 18.9 Å². The maximum atomic E-state index is 6.20. The number of hydrogen-bond acceptors (Lipinski definition) is 4. The fourth-order valence-corrected chi connectivity index (χ4v) is 3.35. The van der Waals surface area contributed by atoms with Gasteiger partial charge >= 0.3 is 5.95 Å². The maximum absolute atomic E-state index is 6.20. The SMILES string of the molecule is CCCCCCCOC(CCCCC)=C(OCCCCCCC)OCOCCCCC. The van der Waals surface area contributed by atoms with E-state index in [-0.39, 0.29) is 6.79 Å². The summed E-state index contributed by atoms with van der Waals surface area (Å²) in [6.45, 7) is 11.3. The van der Waals surface area contributed by atoms with Crippen LogP contribution in [0.2, 0.25) is 0 Å². The maximum Gasteiger partial charge on any atom is 0.321 e. The van der Waals surface area contributed by atoms with Crippen molar-refractivity contribution in [1.82, 2.24) is 0 Å². The summed E-state index contributed by atoms with van der Waals surface area (Å²) in [4.78, 5) is 0. The van der Waals surface area contributed by atoms with Crippen LogP contribution in [0.3, 0.4) is 0 Å². The molecule has 186 valence electrons. The minimum absolute atomic E-state index is 0.242. The Labute approximate surface area is 194 Å². The lowest BCUT2D eigenvalue weighted by Crippen LogP contribution is -2.10. The molecule has 0 aliphatic rings. The Morgan fingerprint density at radius 1 is 0.452 bits per heavy atom. The lowest BCUT2D eigenvalue weighted by Gasteiger charge is -2.18. The van der Waals surface area contributed by atoms with Crippen molar-refractivity contribution in [3.05, 3.63) is 11.7 Å². The van der Waals surface area contributed by atoms with Crippen molar-refractivity contribution in [3.8, 4) is 0 Å². The first-order valence-electron chi connectivity index (χ1n) is 13.5. The van der Waals surface area contributed by atoms with Crippen LogP contribution in [-0.4, -0.2) is 26.6 Å². The van der Waals surface area contributed by atoms with Crippen molar-refractivity contribution in [2.24, 2.45) is 0 Å². The average Bonchev–Trinajstić information content (AvgIpc) is 2.78. The van der Waals surface area contributed by atoms with Crippen molar-refractivity contribution < 1.29 is 18.9 Å². The van der Waals surface area contributed by atoms with Crippen LogP contribution in [-0.2, 0) is 18.9 Å². The molecule has 0 aliphatic carbocycles. The number of ether oxygens (including phenoxy) is 4. The van der Waals surface area contributed by atoms with E-state index >= 15 is 0 Å². The van der Waals surface area contributed by atoms with Crippen molar-refractivity contribution in [2.45, 2.75) is 137 Å². The zero-order valence-corrected chi connectivity index (χ0v) is 21.5. The van der Waals surface area contributed by atoms with Gasteiger partial charge in [-0.15, -0.1) is 0 Å². The molecule has 0 saturated carbocycles. The highest BCUT2D eigenvalue weighted by atomic mass is 16.7. The molecule has 0 spiro atoms. The fourth-order valence-electron chi connectivity index (χ4n) is 3.35. The van der Waals surface area contributed by atoms with E-state index in [2.05, 4.69) is 27.7 Å². The number of allylic oxidation sites excluding steroid dienone is 1. The van der Waals surface area contributed by atoms with Gasteiger partial charge in [0, 0.05) is 6.42 Å². The quantitative estimate of drug-likeness (QED) is 0.0803. The second-order valence-electron chi connectivity index (χ2n) is 8.57. The van der Waals surface area contributed by atoms with Gasteiger partial charge in [0.05, 0.1) is 19.8 Å². The van der Waals surface area contributed by atoms with E-state index in [1.807, 2.05) is 0 Å². The summed E-state index contributed by atoms with van der Waals surface area (Å²) in [5, 5.41) is 0. The molecule has 31 heavy (non-hydrogen) atoms. The zero-order valence-electron chi connectivity index (χ0n) is 21.5. The Morgan fingerprint density at radius 3 is 1.55 bits per heavy atom. The van der Waals surface area contributed by atoms with Crippen LogP contribution in [0, 0.1) is 0 Å². The molecule has 0 radical (unpaired) electrons. The Bertz CT molecular complexity index is 363. The van der Waals surface area contributed by atoms with E-state index in [1.54, 1.807) is 0 Å². The van der Waals surface area contributed by atoms with Gasteiger partial charge in [-0.25, -0.2) is 0 Å². The first kappa shape index (κ1) is 30.1. The molecule has 0 aliphatic heterocycles. The van der Waals surface area contributed by atoms with Crippen molar-refractivity contribution in [1.29, 1.82) is 0 Å². The molecule has 0 aromatic carbocycles. The summed E-state index contributed by atoms with van der Waals surface area (Å²) in [6, 6.07) is 0. The summed E-state index contributed by atoms with van der Waals surface area (Å²) < 4.78 is 23.9. The smallest absolute Gasteiger partial charge is 0.321 e. The Kier molecular flexibility index (Phi) is 24.6. The Balaban J connectivity index is 4.73.